The highest BCUT2D eigenvalue weighted by molar-refractivity contribution is 14.0. The molecule has 1 aromatic heterocycles. The van der Waals surface area contributed by atoms with E-state index in [0.717, 1.165) is 57.4 Å². The van der Waals surface area contributed by atoms with E-state index < -0.39 is 0 Å². The lowest BCUT2D eigenvalue weighted by molar-refractivity contribution is 0.152. The van der Waals surface area contributed by atoms with Gasteiger partial charge in [-0.2, -0.15) is 0 Å². The van der Waals surface area contributed by atoms with Gasteiger partial charge in [-0.25, -0.2) is 4.98 Å². The predicted molar refractivity (Wildman–Crippen MR) is 108 cm³/mol. The van der Waals surface area contributed by atoms with Gasteiger partial charge in [-0.1, -0.05) is 6.07 Å². The Bertz CT molecular complexity index is 403. The minimum atomic E-state index is 0. The van der Waals surface area contributed by atoms with Gasteiger partial charge in [0.15, 0.2) is 5.96 Å². The van der Waals surface area contributed by atoms with E-state index in [0.29, 0.717) is 6.61 Å². The summed E-state index contributed by atoms with van der Waals surface area (Å²) in [6, 6.07) is 5.88. The maximum atomic E-state index is 5.30. The standard InChI is InChI=1S/C16H29N5O.HI/c1-3-17-16(21-13-14-22-4-2)20-12-8-7-11-19-15-9-5-6-10-18-15;/h5-6,9-10H,3-4,7-8,11-14H2,1-2H3,(H,18,19)(H2,17,20,21);1H. The average Bonchev–Trinajstić information content (AvgIpc) is 2.55. The number of nitrogens with zero attached hydrogens (tertiary/aromatic N) is 2. The molecular formula is C16H30IN5O. The van der Waals surface area contributed by atoms with Crippen molar-refractivity contribution < 1.29 is 4.74 Å². The first-order valence-corrected chi connectivity index (χ1v) is 8.11. The molecule has 0 radical (unpaired) electrons. The fourth-order valence-electron chi connectivity index (χ4n) is 1.84. The summed E-state index contributed by atoms with van der Waals surface area (Å²) < 4.78 is 5.30. The van der Waals surface area contributed by atoms with Crippen LogP contribution in [-0.4, -0.2) is 50.3 Å². The number of nitrogens with one attached hydrogen (secondary N) is 3. The second-order valence-electron chi connectivity index (χ2n) is 4.73. The van der Waals surface area contributed by atoms with Gasteiger partial charge in [-0.15, -0.1) is 24.0 Å². The van der Waals surface area contributed by atoms with Gasteiger partial charge in [0.2, 0.25) is 0 Å². The first-order chi connectivity index (χ1) is 10.9. The van der Waals surface area contributed by atoms with E-state index in [-0.39, 0.29) is 24.0 Å². The molecule has 1 rings (SSSR count). The maximum Gasteiger partial charge on any atom is 0.191 e. The highest BCUT2D eigenvalue weighted by Gasteiger charge is 1.96. The van der Waals surface area contributed by atoms with E-state index in [1.54, 1.807) is 6.20 Å². The van der Waals surface area contributed by atoms with Crippen molar-refractivity contribution in [3.63, 3.8) is 0 Å². The van der Waals surface area contributed by atoms with Crippen molar-refractivity contribution in [2.75, 3.05) is 44.7 Å². The largest absolute Gasteiger partial charge is 0.380 e. The van der Waals surface area contributed by atoms with Crippen molar-refractivity contribution in [2.45, 2.75) is 26.7 Å². The van der Waals surface area contributed by atoms with E-state index in [4.69, 9.17) is 4.74 Å². The quantitative estimate of drug-likeness (QED) is 0.216. The fraction of sp³-hybridized carbons (Fsp3) is 0.625. The number of aliphatic imine (C=N–C) groups is 1. The third-order valence-electron chi connectivity index (χ3n) is 2.91. The number of rotatable bonds is 11. The minimum Gasteiger partial charge on any atom is -0.380 e. The van der Waals surface area contributed by atoms with Crippen LogP contribution in [0.3, 0.4) is 0 Å². The molecule has 0 aromatic carbocycles. The van der Waals surface area contributed by atoms with Gasteiger partial charge < -0.3 is 20.7 Å². The Morgan fingerprint density at radius 1 is 1.17 bits per heavy atom. The smallest absolute Gasteiger partial charge is 0.191 e. The summed E-state index contributed by atoms with van der Waals surface area (Å²) in [7, 11) is 0. The SMILES string of the molecule is CCNC(=NCCCCNc1ccccn1)NCCOCC.I. The molecule has 132 valence electrons. The molecule has 6 nitrogen and oxygen atoms in total. The second kappa shape index (κ2) is 15.8. The zero-order valence-electron chi connectivity index (χ0n) is 14.2. The molecule has 1 aromatic rings. The Morgan fingerprint density at radius 2 is 2.04 bits per heavy atom. The Hall–Kier alpha value is -1.09. The Kier molecular flexibility index (Phi) is 15.0. The molecule has 0 aliphatic heterocycles. The maximum absolute atomic E-state index is 5.30. The van der Waals surface area contributed by atoms with Crippen LogP contribution in [-0.2, 0) is 4.74 Å². The topological polar surface area (TPSA) is 70.6 Å². The van der Waals surface area contributed by atoms with Crippen molar-refractivity contribution >= 4 is 35.8 Å². The van der Waals surface area contributed by atoms with Crippen molar-refractivity contribution in [3.05, 3.63) is 24.4 Å². The minimum absolute atomic E-state index is 0. The lowest BCUT2D eigenvalue weighted by atomic mass is 10.3. The number of ether oxygens (including phenoxy) is 1. The monoisotopic (exact) mass is 435 g/mol. The van der Waals surface area contributed by atoms with Crippen LogP contribution in [0, 0.1) is 0 Å². The zero-order chi connectivity index (χ0) is 15.9. The zero-order valence-corrected chi connectivity index (χ0v) is 16.5. The number of halogens is 1. The van der Waals surface area contributed by atoms with Crippen molar-refractivity contribution in [2.24, 2.45) is 4.99 Å². The highest BCUT2D eigenvalue weighted by atomic mass is 127. The lowest BCUT2D eigenvalue weighted by Gasteiger charge is -2.11. The van der Waals surface area contributed by atoms with E-state index in [2.05, 4.69) is 32.9 Å². The van der Waals surface area contributed by atoms with Crippen LogP contribution in [0.25, 0.3) is 0 Å². The number of hydrogen-bond acceptors (Lipinski definition) is 4. The summed E-state index contributed by atoms with van der Waals surface area (Å²) in [5, 5.41) is 9.79. The summed E-state index contributed by atoms with van der Waals surface area (Å²) >= 11 is 0. The summed E-state index contributed by atoms with van der Waals surface area (Å²) in [6.45, 7) is 8.89. The molecule has 0 saturated carbocycles. The number of guanidine groups is 1. The van der Waals surface area contributed by atoms with Gasteiger partial charge >= 0.3 is 0 Å². The first-order valence-electron chi connectivity index (χ1n) is 8.11. The van der Waals surface area contributed by atoms with Crippen molar-refractivity contribution in [3.8, 4) is 0 Å². The number of unbranched alkanes of at least 4 members (excludes halogenated alkanes) is 1. The van der Waals surface area contributed by atoms with Crippen LogP contribution in [0.15, 0.2) is 29.4 Å². The Morgan fingerprint density at radius 3 is 2.74 bits per heavy atom. The predicted octanol–water partition coefficient (Wildman–Crippen LogP) is 2.48. The van der Waals surface area contributed by atoms with Crippen LogP contribution in [0.2, 0.25) is 0 Å². The molecule has 23 heavy (non-hydrogen) atoms. The van der Waals surface area contributed by atoms with Gasteiger partial charge in [0, 0.05) is 39.0 Å². The molecule has 0 unspecified atom stereocenters. The van der Waals surface area contributed by atoms with Gasteiger partial charge in [-0.05, 0) is 38.8 Å². The summed E-state index contributed by atoms with van der Waals surface area (Å²) in [5.41, 5.74) is 0. The highest BCUT2D eigenvalue weighted by Crippen LogP contribution is 2.00. The molecule has 0 saturated heterocycles. The lowest BCUT2D eigenvalue weighted by Crippen LogP contribution is -2.39. The average molecular weight is 435 g/mol. The normalized spacial score (nSPS) is 10.8. The molecule has 1 heterocycles. The van der Waals surface area contributed by atoms with Gasteiger partial charge in [-0.3, -0.25) is 4.99 Å². The molecule has 0 aliphatic carbocycles. The summed E-state index contributed by atoms with van der Waals surface area (Å²) in [5.74, 6) is 1.79. The molecule has 0 atom stereocenters. The van der Waals surface area contributed by atoms with Gasteiger partial charge in [0.25, 0.3) is 0 Å². The molecule has 0 aliphatic rings. The number of pyridine rings is 1. The third-order valence-corrected chi connectivity index (χ3v) is 2.91. The van der Waals surface area contributed by atoms with Crippen LogP contribution in [0.4, 0.5) is 5.82 Å². The molecule has 0 amide bonds. The van der Waals surface area contributed by atoms with E-state index in [1.165, 1.54) is 0 Å². The summed E-state index contributed by atoms with van der Waals surface area (Å²) in [4.78, 5) is 8.78. The molecule has 3 N–H and O–H groups in total. The van der Waals surface area contributed by atoms with Crippen molar-refractivity contribution in [1.82, 2.24) is 15.6 Å². The number of anilines is 1. The number of hydrogen-bond donors (Lipinski definition) is 3. The van der Waals surface area contributed by atoms with Crippen LogP contribution >= 0.6 is 24.0 Å². The van der Waals surface area contributed by atoms with E-state index in [1.807, 2.05) is 25.1 Å². The van der Waals surface area contributed by atoms with Gasteiger partial charge in [0.05, 0.1) is 6.61 Å². The van der Waals surface area contributed by atoms with Crippen LogP contribution in [0.1, 0.15) is 26.7 Å². The third kappa shape index (κ3) is 12.1. The Labute approximate surface area is 156 Å². The Balaban J connectivity index is 0.00000484. The second-order valence-corrected chi connectivity index (χ2v) is 4.73. The molecular weight excluding hydrogens is 405 g/mol. The molecule has 0 bridgehead atoms. The fourth-order valence-corrected chi connectivity index (χ4v) is 1.84. The van der Waals surface area contributed by atoms with Crippen LogP contribution in [0.5, 0.6) is 0 Å². The van der Waals surface area contributed by atoms with Crippen LogP contribution < -0.4 is 16.0 Å². The van der Waals surface area contributed by atoms with Crippen molar-refractivity contribution in [1.29, 1.82) is 0 Å². The number of aromatic nitrogens is 1. The molecule has 0 fully saturated rings. The van der Waals surface area contributed by atoms with E-state index in [9.17, 15) is 0 Å². The van der Waals surface area contributed by atoms with E-state index >= 15 is 0 Å². The van der Waals surface area contributed by atoms with Gasteiger partial charge in [0.1, 0.15) is 5.82 Å². The molecule has 0 spiro atoms. The molecule has 7 heteroatoms. The first kappa shape index (κ1) is 21.9. The summed E-state index contributed by atoms with van der Waals surface area (Å²) in [6.07, 6.45) is 3.91.